The Labute approximate surface area is 69.3 Å². The Hall–Kier alpha value is -0.780. The van der Waals surface area contributed by atoms with Crippen LogP contribution in [0.3, 0.4) is 0 Å². The van der Waals surface area contributed by atoms with Crippen LogP contribution in [0.5, 0.6) is 0 Å². The number of hydrogen-bond donors (Lipinski definition) is 0. The molecule has 0 fully saturated rings. The third-order valence-electron chi connectivity index (χ3n) is 1.32. The minimum atomic E-state index is 0.248. The molecule has 1 aromatic carbocycles. The van der Waals surface area contributed by atoms with Gasteiger partial charge in [-0.25, -0.2) is 0 Å². The lowest BCUT2D eigenvalue weighted by Crippen LogP contribution is -2.06. The molecule has 0 N–H and O–H groups in total. The second kappa shape index (κ2) is 3.08. The fourth-order valence-corrected chi connectivity index (χ4v) is 0.964. The lowest BCUT2D eigenvalue weighted by atomic mass is 9.88. The van der Waals surface area contributed by atoms with Gasteiger partial charge in [0.05, 0.1) is 0 Å². The van der Waals surface area contributed by atoms with Crippen LogP contribution >= 0.6 is 0 Å². The van der Waals surface area contributed by atoms with Gasteiger partial charge in [0, 0.05) is 0 Å². The highest BCUT2D eigenvalue weighted by Gasteiger charge is 2.10. The average molecular weight is 146 g/mol. The predicted octanol–water partition coefficient (Wildman–Crippen LogP) is 3.09. The molecule has 0 saturated carbocycles. The fourth-order valence-electron chi connectivity index (χ4n) is 0.964. The first-order valence-electron chi connectivity index (χ1n) is 3.90. The molecular formula is C11H14. The molecule has 1 aromatic rings. The summed E-state index contributed by atoms with van der Waals surface area (Å²) in [6.45, 7) is 6.56. The van der Waals surface area contributed by atoms with E-state index in [9.17, 15) is 0 Å². The van der Waals surface area contributed by atoms with Crippen molar-refractivity contribution in [2.24, 2.45) is 5.41 Å². The Bertz CT molecular complexity index is 203. The zero-order valence-electron chi connectivity index (χ0n) is 7.39. The van der Waals surface area contributed by atoms with Crippen LogP contribution in [0.2, 0.25) is 0 Å². The zero-order valence-corrected chi connectivity index (χ0v) is 7.39. The zero-order chi connectivity index (χ0) is 8.32. The summed E-state index contributed by atoms with van der Waals surface area (Å²) in [5, 5.41) is 0. The van der Waals surface area contributed by atoms with Crippen molar-refractivity contribution >= 4 is 0 Å². The van der Waals surface area contributed by atoms with Gasteiger partial charge in [0.15, 0.2) is 0 Å². The minimum absolute atomic E-state index is 0.248. The van der Waals surface area contributed by atoms with Crippen molar-refractivity contribution in [1.29, 1.82) is 0 Å². The third kappa shape index (κ3) is 3.22. The van der Waals surface area contributed by atoms with Crippen molar-refractivity contribution in [2.75, 3.05) is 0 Å². The van der Waals surface area contributed by atoms with Crippen LogP contribution < -0.4 is 0 Å². The Balaban J connectivity index is 2.66. The highest BCUT2D eigenvalue weighted by molar-refractivity contribution is 5.23. The summed E-state index contributed by atoms with van der Waals surface area (Å²) in [6, 6.07) is 11.2. The topological polar surface area (TPSA) is 0 Å². The normalized spacial score (nSPS) is 11.5. The van der Waals surface area contributed by atoms with E-state index in [1.165, 1.54) is 5.56 Å². The molecule has 0 heterocycles. The molecule has 0 aliphatic rings. The summed E-state index contributed by atoms with van der Waals surface area (Å²) in [6.07, 6.45) is 2.22. The Morgan fingerprint density at radius 1 is 1.27 bits per heavy atom. The smallest absolute Gasteiger partial charge is 0.00330 e. The molecular weight excluding hydrogens is 132 g/mol. The van der Waals surface area contributed by atoms with Gasteiger partial charge in [-0.1, -0.05) is 45.0 Å². The van der Waals surface area contributed by atoms with Crippen LogP contribution in [0.4, 0.5) is 0 Å². The first kappa shape index (κ1) is 8.32. The summed E-state index contributed by atoms with van der Waals surface area (Å²) in [7, 11) is 0. The maximum atomic E-state index is 3.17. The van der Waals surface area contributed by atoms with E-state index in [-0.39, 0.29) is 5.41 Å². The standard InChI is InChI=1S/C11H14/c1-11(2,3)9-10-7-5-4-6-8-10/h4-7,9H,1-3H3. The molecule has 0 aromatic heterocycles. The second-order valence-corrected chi connectivity index (χ2v) is 3.83. The van der Waals surface area contributed by atoms with E-state index < -0.39 is 0 Å². The molecule has 0 aliphatic carbocycles. The van der Waals surface area contributed by atoms with Crippen molar-refractivity contribution in [2.45, 2.75) is 20.8 Å². The van der Waals surface area contributed by atoms with Gasteiger partial charge in [0.25, 0.3) is 0 Å². The molecule has 0 amide bonds. The third-order valence-corrected chi connectivity index (χ3v) is 1.32. The number of hydrogen-bond acceptors (Lipinski definition) is 0. The SMILES string of the molecule is CC(C)(C)[CH]c1[c]cccc1. The van der Waals surface area contributed by atoms with Gasteiger partial charge in [0.1, 0.15) is 0 Å². The highest BCUT2D eigenvalue weighted by Crippen LogP contribution is 2.21. The van der Waals surface area contributed by atoms with Crippen LogP contribution in [0.15, 0.2) is 24.3 Å². The van der Waals surface area contributed by atoms with Gasteiger partial charge in [-0.3, -0.25) is 0 Å². The van der Waals surface area contributed by atoms with Crippen LogP contribution in [-0.4, -0.2) is 0 Å². The molecule has 0 bridgehead atoms. The first-order chi connectivity index (χ1) is 5.08. The van der Waals surface area contributed by atoms with Crippen molar-refractivity contribution < 1.29 is 0 Å². The van der Waals surface area contributed by atoms with Crippen molar-refractivity contribution in [3.05, 3.63) is 42.3 Å². The lowest BCUT2D eigenvalue weighted by Gasteiger charge is -2.16. The maximum Gasteiger partial charge on any atom is -0.00330 e. The quantitative estimate of drug-likeness (QED) is 0.571. The van der Waals surface area contributed by atoms with Crippen LogP contribution in [0.1, 0.15) is 26.3 Å². The van der Waals surface area contributed by atoms with Gasteiger partial charge in [-0.05, 0) is 23.5 Å². The molecule has 0 heteroatoms. The summed E-state index contributed by atoms with van der Waals surface area (Å²) in [4.78, 5) is 0. The molecule has 0 unspecified atom stereocenters. The number of rotatable bonds is 1. The van der Waals surface area contributed by atoms with Gasteiger partial charge >= 0.3 is 0 Å². The first-order valence-corrected chi connectivity index (χ1v) is 3.90. The van der Waals surface area contributed by atoms with Gasteiger partial charge in [-0.15, -0.1) is 0 Å². The second-order valence-electron chi connectivity index (χ2n) is 3.83. The van der Waals surface area contributed by atoms with Crippen LogP contribution in [-0.2, 0) is 0 Å². The Morgan fingerprint density at radius 3 is 2.45 bits per heavy atom. The molecule has 0 atom stereocenters. The molecule has 0 spiro atoms. The van der Waals surface area contributed by atoms with Gasteiger partial charge in [0.2, 0.25) is 0 Å². The molecule has 11 heavy (non-hydrogen) atoms. The highest BCUT2D eigenvalue weighted by atomic mass is 14.1. The Kier molecular flexibility index (Phi) is 2.33. The molecule has 0 saturated heterocycles. The van der Waals surface area contributed by atoms with Crippen LogP contribution in [0, 0.1) is 17.9 Å². The van der Waals surface area contributed by atoms with E-state index in [2.05, 4.69) is 39.3 Å². The van der Waals surface area contributed by atoms with Crippen LogP contribution in [0.25, 0.3) is 0 Å². The molecule has 1 rings (SSSR count). The summed E-state index contributed by atoms with van der Waals surface area (Å²) < 4.78 is 0. The molecule has 58 valence electrons. The maximum absolute atomic E-state index is 3.17. The van der Waals surface area contributed by atoms with E-state index in [0.29, 0.717) is 0 Å². The summed E-state index contributed by atoms with van der Waals surface area (Å²) in [5.74, 6) is 0. The molecule has 0 nitrogen and oxygen atoms in total. The molecule has 2 radical (unpaired) electrons. The van der Waals surface area contributed by atoms with E-state index in [1.54, 1.807) is 0 Å². The van der Waals surface area contributed by atoms with E-state index in [1.807, 2.05) is 18.2 Å². The van der Waals surface area contributed by atoms with Crippen molar-refractivity contribution in [3.63, 3.8) is 0 Å². The van der Waals surface area contributed by atoms with Crippen molar-refractivity contribution in [1.82, 2.24) is 0 Å². The van der Waals surface area contributed by atoms with Gasteiger partial charge in [-0.2, -0.15) is 0 Å². The lowest BCUT2D eigenvalue weighted by molar-refractivity contribution is 0.505. The largest absolute Gasteiger partial charge is 0.0619 e. The van der Waals surface area contributed by atoms with E-state index in [4.69, 9.17) is 0 Å². The van der Waals surface area contributed by atoms with Crippen molar-refractivity contribution in [3.8, 4) is 0 Å². The average Bonchev–Trinajstić information content (AvgIpc) is 1.85. The van der Waals surface area contributed by atoms with E-state index >= 15 is 0 Å². The van der Waals surface area contributed by atoms with Gasteiger partial charge < -0.3 is 0 Å². The monoisotopic (exact) mass is 146 g/mol. The summed E-state index contributed by atoms with van der Waals surface area (Å²) >= 11 is 0. The Morgan fingerprint density at radius 2 is 2.00 bits per heavy atom. The predicted molar refractivity (Wildman–Crippen MR) is 48.1 cm³/mol. The molecule has 0 aliphatic heterocycles. The van der Waals surface area contributed by atoms with E-state index in [0.717, 1.165) is 0 Å². The summed E-state index contributed by atoms with van der Waals surface area (Å²) in [5.41, 5.74) is 1.43. The fraction of sp³-hybridized carbons (Fsp3) is 0.364. The number of benzene rings is 1. The minimum Gasteiger partial charge on any atom is -0.0619 e.